The quantitative estimate of drug-likeness (QED) is 0.642. The molecular formula is C11H24O2. The van der Waals surface area contributed by atoms with Crippen LogP contribution < -0.4 is 0 Å². The van der Waals surface area contributed by atoms with Crippen LogP contribution in [0.2, 0.25) is 0 Å². The number of hydrogen-bond donors (Lipinski definition) is 2. The van der Waals surface area contributed by atoms with Crippen LogP contribution in [0.25, 0.3) is 0 Å². The molecule has 0 fully saturated rings. The van der Waals surface area contributed by atoms with E-state index in [0.717, 1.165) is 19.3 Å². The molecule has 80 valence electrons. The molecule has 0 heterocycles. The SMILES string of the molecule is CCCC(C(C)CO)C(CC)CO. The lowest BCUT2D eigenvalue weighted by atomic mass is 9.79. The topological polar surface area (TPSA) is 40.5 Å². The van der Waals surface area contributed by atoms with Crippen molar-refractivity contribution in [3.63, 3.8) is 0 Å². The van der Waals surface area contributed by atoms with Gasteiger partial charge in [-0.3, -0.25) is 0 Å². The van der Waals surface area contributed by atoms with E-state index < -0.39 is 0 Å². The molecule has 0 amide bonds. The third-order valence-electron chi connectivity index (χ3n) is 3.01. The van der Waals surface area contributed by atoms with Gasteiger partial charge in [-0.15, -0.1) is 0 Å². The number of rotatable bonds is 7. The molecule has 0 spiro atoms. The fourth-order valence-corrected chi connectivity index (χ4v) is 2.02. The molecule has 2 nitrogen and oxygen atoms in total. The lowest BCUT2D eigenvalue weighted by molar-refractivity contribution is 0.0954. The first-order valence-electron chi connectivity index (χ1n) is 5.42. The molecule has 0 bridgehead atoms. The molecule has 0 radical (unpaired) electrons. The standard InChI is InChI=1S/C11H24O2/c1-4-6-11(9(3)7-12)10(5-2)8-13/h9-13H,4-8H2,1-3H3. The maximum atomic E-state index is 9.19. The van der Waals surface area contributed by atoms with Crippen LogP contribution in [0, 0.1) is 17.8 Å². The van der Waals surface area contributed by atoms with Crippen LogP contribution >= 0.6 is 0 Å². The lowest BCUT2D eigenvalue weighted by Crippen LogP contribution is -2.26. The minimum atomic E-state index is 0.237. The highest BCUT2D eigenvalue weighted by Crippen LogP contribution is 2.27. The van der Waals surface area contributed by atoms with E-state index in [2.05, 4.69) is 20.8 Å². The van der Waals surface area contributed by atoms with E-state index in [0.29, 0.717) is 17.8 Å². The Morgan fingerprint density at radius 2 is 1.69 bits per heavy atom. The molecule has 2 heteroatoms. The van der Waals surface area contributed by atoms with Crippen molar-refractivity contribution in [1.29, 1.82) is 0 Å². The number of hydrogen-bond acceptors (Lipinski definition) is 2. The van der Waals surface area contributed by atoms with Gasteiger partial charge in [-0.1, -0.05) is 40.0 Å². The Hall–Kier alpha value is -0.0800. The van der Waals surface area contributed by atoms with E-state index in [4.69, 9.17) is 5.11 Å². The van der Waals surface area contributed by atoms with Gasteiger partial charge in [-0.2, -0.15) is 0 Å². The van der Waals surface area contributed by atoms with Crippen molar-refractivity contribution in [2.24, 2.45) is 17.8 Å². The van der Waals surface area contributed by atoms with Gasteiger partial charge in [0.25, 0.3) is 0 Å². The maximum Gasteiger partial charge on any atom is 0.0461 e. The van der Waals surface area contributed by atoms with Crippen LogP contribution in [-0.2, 0) is 0 Å². The normalized spacial score (nSPS) is 18.2. The van der Waals surface area contributed by atoms with Gasteiger partial charge < -0.3 is 10.2 Å². The second-order valence-electron chi connectivity index (χ2n) is 3.96. The predicted molar refractivity (Wildman–Crippen MR) is 55.5 cm³/mol. The number of aliphatic hydroxyl groups excluding tert-OH is 2. The van der Waals surface area contributed by atoms with E-state index in [1.807, 2.05) is 0 Å². The summed E-state index contributed by atoms with van der Waals surface area (Å²) in [5, 5.41) is 18.3. The molecule has 0 aromatic rings. The highest BCUT2D eigenvalue weighted by Gasteiger charge is 2.23. The third kappa shape index (κ3) is 4.10. The third-order valence-corrected chi connectivity index (χ3v) is 3.01. The van der Waals surface area contributed by atoms with Crippen LogP contribution in [0.1, 0.15) is 40.0 Å². The molecule has 0 aliphatic heterocycles. The molecule has 13 heavy (non-hydrogen) atoms. The zero-order valence-electron chi connectivity index (χ0n) is 9.16. The van der Waals surface area contributed by atoms with E-state index in [9.17, 15) is 5.11 Å². The summed E-state index contributed by atoms with van der Waals surface area (Å²) in [7, 11) is 0. The van der Waals surface area contributed by atoms with Crippen LogP contribution in [0.15, 0.2) is 0 Å². The average molecular weight is 188 g/mol. The van der Waals surface area contributed by atoms with Gasteiger partial charge >= 0.3 is 0 Å². The van der Waals surface area contributed by atoms with E-state index in [1.165, 1.54) is 0 Å². The lowest BCUT2D eigenvalue weighted by Gasteiger charge is -2.28. The fraction of sp³-hybridized carbons (Fsp3) is 1.00. The summed E-state index contributed by atoms with van der Waals surface area (Å²) in [5.41, 5.74) is 0. The highest BCUT2D eigenvalue weighted by molar-refractivity contribution is 4.73. The Morgan fingerprint density at radius 1 is 1.08 bits per heavy atom. The van der Waals surface area contributed by atoms with Gasteiger partial charge in [-0.05, 0) is 17.8 Å². The summed E-state index contributed by atoms with van der Waals surface area (Å²) in [6, 6.07) is 0. The molecule has 0 aliphatic rings. The summed E-state index contributed by atoms with van der Waals surface area (Å²) < 4.78 is 0. The second kappa shape index (κ2) is 7.34. The zero-order valence-corrected chi connectivity index (χ0v) is 9.16. The summed E-state index contributed by atoms with van der Waals surface area (Å²) in [4.78, 5) is 0. The zero-order chi connectivity index (χ0) is 10.3. The predicted octanol–water partition coefficient (Wildman–Crippen LogP) is 2.05. The van der Waals surface area contributed by atoms with Crippen molar-refractivity contribution in [2.45, 2.75) is 40.0 Å². The van der Waals surface area contributed by atoms with Gasteiger partial charge in [-0.25, -0.2) is 0 Å². The minimum Gasteiger partial charge on any atom is -0.396 e. The summed E-state index contributed by atoms with van der Waals surface area (Å²) in [5.74, 6) is 1.16. The second-order valence-corrected chi connectivity index (χ2v) is 3.96. The van der Waals surface area contributed by atoms with Gasteiger partial charge in [0.1, 0.15) is 0 Å². The van der Waals surface area contributed by atoms with Crippen molar-refractivity contribution in [2.75, 3.05) is 13.2 Å². The molecular weight excluding hydrogens is 164 g/mol. The van der Waals surface area contributed by atoms with E-state index in [1.54, 1.807) is 0 Å². The van der Waals surface area contributed by atoms with Crippen molar-refractivity contribution in [3.8, 4) is 0 Å². The Bertz CT molecular complexity index is 111. The Morgan fingerprint density at radius 3 is 2.00 bits per heavy atom. The van der Waals surface area contributed by atoms with Crippen molar-refractivity contribution in [1.82, 2.24) is 0 Å². The molecule has 0 saturated heterocycles. The Labute approximate surface area is 82.0 Å². The van der Waals surface area contributed by atoms with E-state index >= 15 is 0 Å². The number of aliphatic hydroxyl groups is 2. The molecule has 0 rings (SSSR count). The molecule has 0 aliphatic carbocycles. The molecule has 2 N–H and O–H groups in total. The first-order valence-corrected chi connectivity index (χ1v) is 5.42. The minimum absolute atomic E-state index is 0.237. The van der Waals surface area contributed by atoms with Crippen LogP contribution in [0.5, 0.6) is 0 Å². The van der Waals surface area contributed by atoms with Gasteiger partial charge in [0.05, 0.1) is 0 Å². The van der Waals surface area contributed by atoms with Crippen molar-refractivity contribution >= 4 is 0 Å². The molecule has 3 unspecified atom stereocenters. The van der Waals surface area contributed by atoms with Crippen LogP contribution in [-0.4, -0.2) is 23.4 Å². The highest BCUT2D eigenvalue weighted by atomic mass is 16.3. The van der Waals surface area contributed by atoms with Crippen molar-refractivity contribution < 1.29 is 10.2 Å². The summed E-state index contributed by atoms with van der Waals surface area (Å²) in [6.45, 7) is 6.82. The van der Waals surface area contributed by atoms with Crippen molar-refractivity contribution in [3.05, 3.63) is 0 Å². The first-order chi connectivity index (χ1) is 6.21. The van der Waals surface area contributed by atoms with Gasteiger partial charge in [0, 0.05) is 13.2 Å². The molecule has 3 atom stereocenters. The Kier molecular flexibility index (Phi) is 7.29. The molecule has 0 aromatic heterocycles. The van der Waals surface area contributed by atoms with Gasteiger partial charge in [0.15, 0.2) is 0 Å². The smallest absolute Gasteiger partial charge is 0.0461 e. The Balaban J connectivity index is 4.19. The van der Waals surface area contributed by atoms with Crippen LogP contribution in [0.3, 0.4) is 0 Å². The van der Waals surface area contributed by atoms with Gasteiger partial charge in [0.2, 0.25) is 0 Å². The average Bonchev–Trinajstić information content (AvgIpc) is 2.17. The largest absolute Gasteiger partial charge is 0.396 e. The van der Waals surface area contributed by atoms with Crippen LogP contribution in [0.4, 0.5) is 0 Å². The summed E-state index contributed by atoms with van der Waals surface area (Å²) in [6.07, 6.45) is 3.25. The summed E-state index contributed by atoms with van der Waals surface area (Å²) >= 11 is 0. The monoisotopic (exact) mass is 188 g/mol. The molecule has 0 aromatic carbocycles. The maximum absolute atomic E-state index is 9.19. The fourth-order valence-electron chi connectivity index (χ4n) is 2.02. The van der Waals surface area contributed by atoms with E-state index in [-0.39, 0.29) is 13.2 Å². The first kappa shape index (κ1) is 12.9. The molecule has 0 saturated carbocycles.